The summed E-state index contributed by atoms with van der Waals surface area (Å²) in [5.41, 5.74) is 6.55. The molecular weight excluding hydrogens is 381 g/mol. The van der Waals surface area contributed by atoms with Gasteiger partial charge < -0.3 is 25.8 Å². The molecule has 0 spiro atoms. The predicted molar refractivity (Wildman–Crippen MR) is 75.5 cm³/mol. The summed E-state index contributed by atoms with van der Waals surface area (Å²) in [5.74, 6) is 0.227. The molecule has 0 bridgehead atoms. The number of rotatable bonds is 2. The van der Waals surface area contributed by atoms with Crippen molar-refractivity contribution < 1.29 is 20.1 Å². The first-order chi connectivity index (χ1) is 9.52. The molecule has 3 rings (SSSR count). The lowest BCUT2D eigenvalue weighted by atomic mass is 10.1. The molecule has 20 heavy (non-hydrogen) atoms. The second-order valence-electron chi connectivity index (χ2n) is 4.43. The molecule has 0 unspecified atom stereocenters. The largest absolute Gasteiger partial charge is 0.394 e. The van der Waals surface area contributed by atoms with Crippen molar-refractivity contribution in [2.45, 2.75) is 24.5 Å². The average molecular weight is 393 g/mol. The van der Waals surface area contributed by atoms with Gasteiger partial charge in [-0.2, -0.15) is 0 Å². The van der Waals surface area contributed by atoms with Crippen LogP contribution in [0.2, 0.25) is 0 Å². The number of nitrogens with two attached hydrogens (primary N) is 1. The second kappa shape index (κ2) is 5.04. The van der Waals surface area contributed by atoms with Crippen LogP contribution < -0.4 is 5.73 Å². The molecule has 1 aliphatic rings. The zero-order chi connectivity index (χ0) is 14.4. The fourth-order valence-electron chi connectivity index (χ4n) is 2.21. The number of fused-ring (bicyclic) bond motifs is 1. The summed E-state index contributed by atoms with van der Waals surface area (Å²) in [4.78, 5) is 12.3. The van der Waals surface area contributed by atoms with Gasteiger partial charge in [0.1, 0.15) is 23.8 Å². The minimum atomic E-state index is -1.20. The highest BCUT2D eigenvalue weighted by Gasteiger charge is 2.44. The zero-order valence-corrected chi connectivity index (χ0v) is 12.2. The Balaban J connectivity index is 2.07. The number of hydrogen-bond acceptors (Lipinski definition) is 8. The molecule has 2 aromatic rings. The van der Waals surface area contributed by atoms with Gasteiger partial charge in [-0.3, -0.25) is 4.57 Å². The third-order valence-corrected chi connectivity index (χ3v) is 3.69. The van der Waals surface area contributed by atoms with Crippen LogP contribution in [-0.4, -0.2) is 59.8 Å². The number of nitrogens with zero attached hydrogens (tertiary/aromatic N) is 4. The maximum Gasteiger partial charge on any atom is 0.194 e. The summed E-state index contributed by atoms with van der Waals surface area (Å²) in [6, 6.07) is 0. The molecule has 2 aromatic heterocycles. The van der Waals surface area contributed by atoms with E-state index >= 15 is 0 Å². The van der Waals surface area contributed by atoms with E-state index in [9.17, 15) is 10.2 Å². The Morgan fingerprint density at radius 3 is 2.75 bits per heavy atom. The average Bonchev–Trinajstić information content (AvgIpc) is 2.93. The van der Waals surface area contributed by atoms with Gasteiger partial charge in [0, 0.05) is 22.6 Å². The monoisotopic (exact) mass is 393 g/mol. The molecule has 0 amide bonds. The topological polar surface area (TPSA) is 140 Å². The Morgan fingerprint density at radius 1 is 1.35 bits per heavy atom. The number of imidazole rings is 1. The smallest absolute Gasteiger partial charge is 0.194 e. The Kier molecular flexibility index (Phi) is 3.50. The van der Waals surface area contributed by atoms with Crippen LogP contribution in [0.15, 0.2) is 6.33 Å². The predicted octanol–water partition coefficient (Wildman–Crippen LogP) is -1.38. The third kappa shape index (κ3) is 2.03. The molecule has 108 valence electrons. The number of nitrogen functional groups attached to an aromatic ring is 1. The van der Waals surface area contributed by atoms with E-state index in [1.807, 2.05) is 22.6 Å². The molecule has 0 radical (unpaired) electrons. The van der Waals surface area contributed by atoms with E-state index in [2.05, 4.69) is 15.0 Å². The highest BCUT2D eigenvalue weighted by atomic mass is 127. The Hall–Kier alpha value is -1.08. The van der Waals surface area contributed by atoms with Crippen molar-refractivity contribution in [2.75, 3.05) is 12.3 Å². The maximum absolute atomic E-state index is 10.0. The van der Waals surface area contributed by atoms with E-state index in [0.717, 1.165) is 0 Å². The van der Waals surface area contributed by atoms with Gasteiger partial charge >= 0.3 is 0 Å². The number of aliphatic hydroxyl groups excluding tert-OH is 3. The van der Waals surface area contributed by atoms with Gasteiger partial charge in [-0.15, -0.1) is 0 Å². The number of halogens is 1. The van der Waals surface area contributed by atoms with Crippen LogP contribution in [0.1, 0.15) is 6.23 Å². The number of anilines is 1. The first-order valence-corrected chi connectivity index (χ1v) is 6.88. The van der Waals surface area contributed by atoms with Crippen molar-refractivity contribution in [2.24, 2.45) is 0 Å². The molecule has 1 saturated heterocycles. The third-order valence-electron chi connectivity index (χ3n) is 3.21. The summed E-state index contributed by atoms with van der Waals surface area (Å²) in [5, 5.41) is 28.9. The van der Waals surface area contributed by atoms with E-state index in [1.54, 1.807) is 0 Å². The molecule has 1 fully saturated rings. The van der Waals surface area contributed by atoms with Crippen LogP contribution in [0.4, 0.5) is 5.82 Å². The molecule has 1 aliphatic heterocycles. The minimum Gasteiger partial charge on any atom is -0.394 e. The van der Waals surface area contributed by atoms with Gasteiger partial charge in [0.2, 0.25) is 0 Å². The highest BCUT2D eigenvalue weighted by molar-refractivity contribution is 14.1. The van der Waals surface area contributed by atoms with E-state index in [-0.39, 0.29) is 5.82 Å². The molecule has 3 heterocycles. The fraction of sp³-hybridized carbons (Fsp3) is 0.500. The quantitative estimate of drug-likeness (QED) is 0.362. The first-order valence-electron chi connectivity index (χ1n) is 5.81. The van der Waals surface area contributed by atoms with E-state index in [1.165, 1.54) is 10.9 Å². The number of ether oxygens (including phenoxy) is 1. The first kappa shape index (κ1) is 13.9. The van der Waals surface area contributed by atoms with E-state index in [0.29, 0.717) is 15.0 Å². The van der Waals surface area contributed by atoms with Gasteiger partial charge in [0.05, 0.1) is 12.9 Å². The van der Waals surface area contributed by atoms with Crippen molar-refractivity contribution in [1.29, 1.82) is 0 Å². The Morgan fingerprint density at radius 2 is 2.10 bits per heavy atom. The van der Waals surface area contributed by atoms with Crippen LogP contribution in [0.5, 0.6) is 0 Å². The van der Waals surface area contributed by atoms with Crippen LogP contribution in [-0.2, 0) is 4.74 Å². The lowest BCUT2D eigenvalue weighted by Crippen LogP contribution is -2.33. The summed E-state index contributed by atoms with van der Waals surface area (Å²) in [6.07, 6.45) is -2.71. The normalized spacial score (nSPS) is 30.2. The lowest BCUT2D eigenvalue weighted by molar-refractivity contribution is -0.0511. The van der Waals surface area contributed by atoms with Gasteiger partial charge in [0.15, 0.2) is 21.5 Å². The molecule has 0 aromatic carbocycles. The van der Waals surface area contributed by atoms with Gasteiger partial charge in [0.25, 0.3) is 0 Å². The van der Waals surface area contributed by atoms with Crippen molar-refractivity contribution in [3.8, 4) is 0 Å². The van der Waals surface area contributed by atoms with Crippen LogP contribution in [0.3, 0.4) is 0 Å². The molecule has 5 N–H and O–H groups in total. The highest BCUT2D eigenvalue weighted by Crippen LogP contribution is 2.31. The van der Waals surface area contributed by atoms with E-state index < -0.39 is 31.1 Å². The van der Waals surface area contributed by atoms with Gasteiger partial charge in [-0.1, -0.05) is 0 Å². The standard InChI is InChI=1S/C10H12IN5O4/c11-10-14-7(12)4-8(15-10)16(2-13-4)9-6(19)5(18)3(1-17)20-9/h2-3,5-6,9,17-19H,1H2,(H2,12,14,15)/t3-,5-,6-,9+/m1/s1. The second-order valence-corrected chi connectivity index (χ2v) is 5.40. The molecular formula is C10H12IN5O4. The molecule has 0 aliphatic carbocycles. The van der Waals surface area contributed by atoms with Gasteiger partial charge in [-0.25, -0.2) is 15.0 Å². The summed E-state index contributed by atoms with van der Waals surface area (Å²) >= 11 is 1.92. The molecule has 4 atom stereocenters. The number of hydrogen-bond donors (Lipinski definition) is 4. The summed E-state index contributed by atoms with van der Waals surface area (Å²) in [7, 11) is 0. The SMILES string of the molecule is Nc1nc(I)nc2c1ncn2[C@H]1O[C@H](CO)[C@@H](O)[C@H]1O. The Labute approximate surface area is 126 Å². The molecule has 0 saturated carbocycles. The maximum atomic E-state index is 10.0. The minimum absolute atomic E-state index is 0.227. The Bertz CT molecular complexity index is 650. The van der Waals surface area contributed by atoms with Crippen molar-refractivity contribution in [3.63, 3.8) is 0 Å². The van der Waals surface area contributed by atoms with Crippen molar-refractivity contribution >= 4 is 39.6 Å². The zero-order valence-electron chi connectivity index (χ0n) is 10.1. The molecule has 10 heteroatoms. The van der Waals surface area contributed by atoms with Crippen molar-refractivity contribution in [1.82, 2.24) is 19.5 Å². The van der Waals surface area contributed by atoms with Crippen LogP contribution in [0, 0.1) is 3.83 Å². The van der Waals surface area contributed by atoms with E-state index in [4.69, 9.17) is 15.6 Å². The van der Waals surface area contributed by atoms with Crippen molar-refractivity contribution in [3.05, 3.63) is 10.2 Å². The molecule has 9 nitrogen and oxygen atoms in total. The number of aromatic nitrogens is 4. The van der Waals surface area contributed by atoms with Crippen LogP contribution in [0.25, 0.3) is 11.2 Å². The summed E-state index contributed by atoms with van der Waals surface area (Å²) < 4.78 is 7.34. The fourth-order valence-corrected chi connectivity index (χ4v) is 2.70. The lowest BCUT2D eigenvalue weighted by Gasteiger charge is -2.16. The number of aliphatic hydroxyl groups is 3. The summed E-state index contributed by atoms with van der Waals surface area (Å²) in [6.45, 7) is -0.393. The van der Waals surface area contributed by atoms with Gasteiger partial charge in [-0.05, 0) is 0 Å². The van der Waals surface area contributed by atoms with Crippen LogP contribution >= 0.6 is 22.6 Å².